The molecule has 0 fully saturated rings. The van der Waals surface area contributed by atoms with Crippen molar-refractivity contribution in [1.29, 1.82) is 0 Å². The van der Waals surface area contributed by atoms with Crippen molar-refractivity contribution in [2.45, 2.75) is 33.1 Å². The van der Waals surface area contributed by atoms with Gasteiger partial charge in [0.2, 0.25) is 0 Å². The van der Waals surface area contributed by atoms with Gasteiger partial charge in [0.25, 0.3) is 0 Å². The Kier molecular flexibility index (Phi) is 3.79. The minimum absolute atomic E-state index is 0. The van der Waals surface area contributed by atoms with E-state index < -0.39 is 12.3 Å². The Morgan fingerprint density at radius 1 is 1.22 bits per heavy atom. The summed E-state index contributed by atoms with van der Waals surface area (Å²) in [5.41, 5.74) is 6.33. The van der Waals surface area contributed by atoms with E-state index in [4.69, 9.17) is 5.73 Å². The van der Waals surface area contributed by atoms with Crippen molar-refractivity contribution in [2.24, 2.45) is 11.1 Å². The zero-order chi connectivity index (χ0) is 12.8. The lowest BCUT2D eigenvalue weighted by Gasteiger charge is -2.27. The summed E-state index contributed by atoms with van der Waals surface area (Å²) in [5.74, 6) is 0.0760. The lowest BCUT2D eigenvalue weighted by Crippen LogP contribution is -2.28. The number of para-hydroxylation sites is 1. The lowest BCUT2D eigenvalue weighted by atomic mass is 9.82. The maximum absolute atomic E-state index is 13.0. The highest BCUT2D eigenvalue weighted by Gasteiger charge is 2.45. The van der Waals surface area contributed by atoms with Gasteiger partial charge < -0.3 is 15.2 Å². The smallest absolute Gasteiger partial charge is 0.395 e. The van der Waals surface area contributed by atoms with Gasteiger partial charge in [-0.25, -0.2) is 0 Å². The van der Waals surface area contributed by atoms with Crippen LogP contribution in [-0.2, 0) is 0 Å². The molecule has 0 bridgehead atoms. The van der Waals surface area contributed by atoms with Crippen molar-refractivity contribution in [3.63, 3.8) is 0 Å². The predicted molar refractivity (Wildman–Crippen MR) is 66.3 cm³/mol. The Hall–Kier alpha value is -1.07. The predicted octanol–water partition coefficient (Wildman–Crippen LogP) is 3.48. The molecule has 1 aliphatic rings. The molecule has 18 heavy (non-hydrogen) atoms. The highest BCUT2D eigenvalue weighted by atomic mass is 35.5. The average Bonchev–Trinajstić information content (AvgIpc) is 2.48. The van der Waals surface area contributed by atoms with E-state index in [1.54, 1.807) is 12.1 Å². The normalized spacial score (nSPS) is 18.1. The van der Waals surface area contributed by atoms with Gasteiger partial charge in [0.1, 0.15) is 0 Å². The molecule has 1 aliphatic heterocycles. The van der Waals surface area contributed by atoms with Gasteiger partial charge in [-0.1, -0.05) is 32.9 Å². The largest absolute Gasteiger partial charge is 0.586 e. The van der Waals surface area contributed by atoms with Gasteiger partial charge in [-0.3, -0.25) is 0 Å². The molecule has 1 heterocycles. The number of benzene rings is 1. The molecule has 6 heteroatoms. The fraction of sp³-hybridized carbons (Fsp3) is 0.500. The molecule has 2 N–H and O–H groups in total. The Labute approximate surface area is 111 Å². The molecule has 0 unspecified atom stereocenters. The van der Waals surface area contributed by atoms with Gasteiger partial charge in [-0.15, -0.1) is 21.2 Å². The van der Waals surface area contributed by atoms with Crippen molar-refractivity contribution in [3.05, 3.63) is 23.8 Å². The molecule has 0 aliphatic carbocycles. The van der Waals surface area contributed by atoms with Crippen LogP contribution in [0.2, 0.25) is 0 Å². The molecule has 3 nitrogen and oxygen atoms in total. The lowest BCUT2D eigenvalue weighted by molar-refractivity contribution is -0.287. The molecule has 102 valence electrons. The maximum atomic E-state index is 13.0. The quantitative estimate of drug-likeness (QED) is 0.856. The van der Waals surface area contributed by atoms with E-state index in [0.717, 1.165) is 0 Å². The first-order valence-corrected chi connectivity index (χ1v) is 5.35. The van der Waals surface area contributed by atoms with Crippen LogP contribution in [0.1, 0.15) is 32.4 Å². The topological polar surface area (TPSA) is 44.5 Å². The third kappa shape index (κ3) is 2.67. The SMILES string of the molecule is CC(C)(C)[C@@H](N)c1cccc2c1OC(F)(F)O2.Cl. The van der Waals surface area contributed by atoms with Gasteiger partial charge >= 0.3 is 6.29 Å². The molecule has 1 atom stereocenters. The molecule has 2 rings (SSSR count). The van der Waals surface area contributed by atoms with E-state index in [-0.39, 0.29) is 29.3 Å². The average molecular weight is 280 g/mol. The second-order valence-electron chi connectivity index (χ2n) is 5.19. The molecular weight excluding hydrogens is 264 g/mol. The summed E-state index contributed by atoms with van der Waals surface area (Å²) in [5, 5.41) is 0. The first-order valence-electron chi connectivity index (χ1n) is 5.35. The van der Waals surface area contributed by atoms with Crippen LogP contribution < -0.4 is 15.2 Å². The number of ether oxygens (including phenoxy) is 2. The molecule has 0 aromatic heterocycles. The summed E-state index contributed by atoms with van der Waals surface area (Å²) in [7, 11) is 0. The van der Waals surface area contributed by atoms with Crippen molar-refractivity contribution < 1.29 is 18.3 Å². The summed E-state index contributed by atoms with van der Waals surface area (Å²) in [4.78, 5) is 0. The summed E-state index contributed by atoms with van der Waals surface area (Å²) in [6.07, 6.45) is -3.60. The first kappa shape index (κ1) is 15.0. The minimum Gasteiger partial charge on any atom is -0.395 e. The highest BCUT2D eigenvalue weighted by Crippen LogP contribution is 2.47. The number of halogens is 3. The van der Waals surface area contributed by atoms with Crippen LogP contribution in [-0.4, -0.2) is 6.29 Å². The van der Waals surface area contributed by atoms with Crippen LogP contribution in [0.4, 0.5) is 8.78 Å². The van der Waals surface area contributed by atoms with Gasteiger partial charge in [0, 0.05) is 11.6 Å². The number of fused-ring (bicyclic) bond motifs is 1. The molecule has 0 saturated carbocycles. The maximum Gasteiger partial charge on any atom is 0.586 e. The standard InChI is InChI=1S/C12H15F2NO2.ClH/c1-11(2,3)10(15)7-5-4-6-8-9(7)17-12(13,14)16-8;/h4-6,10H,15H2,1-3H3;1H/t10-;/m0./s1. The van der Waals surface area contributed by atoms with E-state index in [0.29, 0.717) is 5.56 Å². The monoisotopic (exact) mass is 279 g/mol. The second-order valence-corrected chi connectivity index (χ2v) is 5.19. The van der Waals surface area contributed by atoms with Crippen molar-refractivity contribution in [1.82, 2.24) is 0 Å². The van der Waals surface area contributed by atoms with Crippen LogP contribution in [0, 0.1) is 5.41 Å². The third-order valence-electron chi connectivity index (χ3n) is 2.73. The Morgan fingerprint density at radius 2 is 1.83 bits per heavy atom. The molecule has 1 aromatic carbocycles. The highest BCUT2D eigenvalue weighted by molar-refractivity contribution is 5.85. The number of hydrogen-bond donors (Lipinski definition) is 1. The summed E-state index contributed by atoms with van der Waals surface area (Å²) < 4.78 is 34.9. The second kappa shape index (κ2) is 4.55. The Morgan fingerprint density at radius 3 is 2.39 bits per heavy atom. The van der Waals surface area contributed by atoms with E-state index in [2.05, 4.69) is 9.47 Å². The molecule has 0 saturated heterocycles. The Balaban J connectivity index is 0.00000162. The molecule has 0 amide bonds. The molecule has 0 spiro atoms. The van der Waals surface area contributed by atoms with E-state index in [1.807, 2.05) is 20.8 Å². The number of nitrogens with two attached hydrogens (primary N) is 1. The van der Waals surface area contributed by atoms with E-state index >= 15 is 0 Å². The summed E-state index contributed by atoms with van der Waals surface area (Å²) in [6.45, 7) is 5.81. The molecule has 1 aromatic rings. The van der Waals surface area contributed by atoms with Crippen LogP contribution in [0.15, 0.2) is 18.2 Å². The number of rotatable bonds is 1. The van der Waals surface area contributed by atoms with Crippen LogP contribution in [0.5, 0.6) is 11.5 Å². The number of hydrogen-bond acceptors (Lipinski definition) is 3. The van der Waals surface area contributed by atoms with Gasteiger partial charge in [-0.05, 0) is 11.5 Å². The van der Waals surface area contributed by atoms with E-state index in [9.17, 15) is 8.78 Å². The van der Waals surface area contributed by atoms with Crippen LogP contribution in [0.3, 0.4) is 0 Å². The summed E-state index contributed by atoms with van der Waals surface area (Å²) >= 11 is 0. The van der Waals surface area contributed by atoms with E-state index in [1.165, 1.54) is 6.07 Å². The summed E-state index contributed by atoms with van der Waals surface area (Å²) in [6, 6.07) is 4.34. The fourth-order valence-corrected chi connectivity index (χ4v) is 1.70. The Bertz CT molecular complexity index is 446. The zero-order valence-electron chi connectivity index (χ0n) is 10.4. The third-order valence-corrected chi connectivity index (χ3v) is 2.73. The molecule has 0 radical (unpaired) electrons. The van der Waals surface area contributed by atoms with Crippen molar-refractivity contribution >= 4 is 12.4 Å². The van der Waals surface area contributed by atoms with Gasteiger partial charge in [0.15, 0.2) is 11.5 Å². The van der Waals surface area contributed by atoms with Crippen molar-refractivity contribution in [3.8, 4) is 11.5 Å². The van der Waals surface area contributed by atoms with Crippen molar-refractivity contribution in [2.75, 3.05) is 0 Å². The van der Waals surface area contributed by atoms with Gasteiger partial charge in [-0.2, -0.15) is 0 Å². The first-order chi connectivity index (χ1) is 7.71. The number of alkyl halides is 2. The van der Waals surface area contributed by atoms with Crippen LogP contribution >= 0.6 is 12.4 Å². The molecular formula is C12H16ClF2NO2. The van der Waals surface area contributed by atoms with Crippen LogP contribution in [0.25, 0.3) is 0 Å². The minimum atomic E-state index is -3.60. The van der Waals surface area contributed by atoms with Gasteiger partial charge in [0.05, 0.1) is 0 Å². The zero-order valence-corrected chi connectivity index (χ0v) is 11.2. The fourth-order valence-electron chi connectivity index (χ4n) is 1.70.